The molecule has 1 saturated carbocycles. The van der Waals surface area contributed by atoms with Gasteiger partial charge in [0.25, 0.3) is 0 Å². The number of aliphatic carboxylic acids is 1. The fourth-order valence-electron chi connectivity index (χ4n) is 3.06. The first kappa shape index (κ1) is 15.5. The molecule has 5 heteroatoms. The number of nitrogens with zero attached hydrogens (tertiary/aromatic N) is 1. The lowest BCUT2D eigenvalue weighted by atomic mass is 9.94. The second-order valence-corrected chi connectivity index (χ2v) is 5.67. The van der Waals surface area contributed by atoms with Crippen LogP contribution in [0.4, 0.5) is 10.1 Å². The normalized spacial score (nSPS) is 24.8. The van der Waals surface area contributed by atoms with Crippen LogP contribution in [0.2, 0.25) is 0 Å². The molecule has 114 valence electrons. The number of carboxylic acid groups (broad SMARTS) is 1. The maximum absolute atomic E-state index is 12.9. The monoisotopic (exact) mass is 293 g/mol. The Bertz CT molecular complexity index is 529. The van der Waals surface area contributed by atoms with E-state index in [1.807, 2.05) is 6.92 Å². The van der Waals surface area contributed by atoms with E-state index >= 15 is 0 Å². The van der Waals surface area contributed by atoms with Gasteiger partial charge in [0.1, 0.15) is 5.82 Å². The van der Waals surface area contributed by atoms with E-state index in [1.165, 1.54) is 29.2 Å². The van der Waals surface area contributed by atoms with Crippen molar-refractivity contribution in [2.24, 2.45) is 17.8 Å². The molecule has 1 aromatic rings. The Morgan fingerprint density at radius 1 is 1.24 bits per heavy atom. The fourth-order valence-corrected chi connectivity index (χ4v) is 3.06. The van der Waals surface area contributed by atoms with E-state index in [0.29, 0.717) is 18.5 Å². The summed E-state index contributed by atoms with van der Waals surface area (Å²) in [6, 6.07) is 5.62. The molecule has 2 rings (SSSR count). The van der Waals surface area contributed by atoms with E-state index in [0.717, 1.165) is 6.42 Å². The molecule has 0 spiro atoms. The molecule has 0 bridgehead atoms. The molecule has 0 aliphatic heterocycles. The van der Waals surface area contributed by atoms with E-state index in [-0.39, 0.29) is 17.6 Å². The van der Waals surface area contributed by atoms with Crippen LogP contribution < -0.4 is 4.90 Å². The number of hydrogen-bond acceptors (Lipinski definition) is 2. The third kappa shape index (κ3) is 3.23. The highest BCUT2D eigenvalue weighted by molar-refractivity contribution is 5.97. The molecule has 1 aromatic carbocycles. The van der Waals surface area contributed by atoms with Crippen LogP contribution in [0.25, 0.3) is 0 Å². The van der Waals surface area contributed by atoms with Gasteiger partial charge >= 0.3 is 5.97 Å². The molecule has 21 heavy (non-hydrogen) atoms. The molecule has 1 N–H and O–H groups in total. The Labute approximate surface area is 123 Å². The molecule has 1 aliphatic rings. The smallest absolute Gasteiger partial charge is 0.307 e. The fraction of sp³-hybridized carbons (Fsp3) is 0.500. The van der Waals surface area contributed by atoms with Crippen molar-refractivity contribution in [3.8, 4) is 0 Å². The summed E-state index contributed by atoms with van der Waals surface area (Å²) in [6.45, 7) is 2.01. The highest BCUT2D eigenvalue weighted by Gasteiger charge is 2.43. The standard InChI is InChI=1S/C16H20FNO3/c1-3-10-8-13(14(9-10)16(20)21)15(19)18(2)12-6-4-11(17)5-7-12/h4-7,10,13-14H,3,8-9H2,1-2H3,(H,20,21). The highest BCUT2D eigenvalue weighted by atomic mass is 19.1. The third-order valence-corrected chi connectivity index (χ3v) is 4.42. The van der Waals surface area contributed by atoms with Gasteiger partial charge < -0.3 is 10.0 Å². The van der Waals surface area contributed by atoms with Gasteiger partial charge in [0, 0.05) is 12.7 Å². The summed E-state index contributed by atoms with van der Waals surface area (Å²) in [4.78, 5) is 25.4. The summed E-state index contributed by atoms with van der Waals surface area (Å²) in [6.07, 6.45) is 2.05. The number of benzene rings is 1. The first-order valence-electron chi connectivity index (χ1n) is 7.20. The van der Waals surface area contributed by atoms with Gasteiger partial charge in [0.15, 0.2) is 0 Å². The number of anilines is 1. The van der Waals surface area contributed by atoms with Gasteiger partial charge in [-0.05, 0) is 43.0 Å². The number of carbonyl (C=O) groups is 2. The second kappa shape index (κ2) is 6.24. The Morgan fingerprint density at radius 2 is 1.81 bits per heavy atom. The quantitative estimate of drug-likeness (QED) is 0.928. The minimum absolute atomic E-state index is 0.204. The zero-order chi connectivity index (χ0) is 15.6. The lowest BCUT2D eigenvalue weighted by Crippen LogP contribution is -2.36. The van der Waals surface area contributed by atoms with Crippen LogP contribution in [-0.4, -0.2) is 24.0 Å². The summed E-state index contributed by atoms with van der Waals surface area (Å²) in [5, 5.41) is 9.31. The number of halogens is 1. The molecular weight excluding hydrogens is 273 g/mol. The Hall–Kier alpha value is -1.91. The molecule has 3 atom stereocenters. The molecule has 0 heterocycles. The van der Waals surface area contributed by atoms with Crippen LogP contribution in [0.5, 0.6) is 0 Å². The maximum atomic E-state index is 12.9. The molecule has 1 aliphatic carbocycles. The number of hydrogen-bond donors (Lipinski definition) is 1. The summed E-state index contributed by atoms with van der Waals surface area (Å²) < 4.78 is 12.9. The molecule has 4 nitrogen and oxygen atoms in total. The molecule has 1 amide bonds. The lowest BCUT2D eigenvalue weighted by molar-refractivity contribution is -0.145. The lowest BCUT2D eigenvalue weighted by Gasteiger charge is -2.23. The first-order chi connectivity index (χ1) is 9.93. The Morgan fingerprint density at radius 3 is 2.33 bits per heavy atom. The van der Waals surface area contributed by atoms with Crippen molar-refractivity contribution in [1.82, 2.24) is 0 Å². The number of rotatable bonds is 4. The van der Waals surface area contributed by atoms with Crippen molar-refractivity contribution in [3.63, 3.8) is 0 Å². The van der Waals surface area contributed by atoms with Crippen molar-refractivity contribution in [1.29, 1.82) is 0 Å². The van der Waals surface area contributed by atoms with Gasteiger partial charge in [0.2, 0.25) is 5.91 Å². The number of carboxylic acids is 1. The topological polar surface area (TPSA) is 57.6 Å². The van der Waals surface area contributed by atoms with Gasteiger partial charge in [-0.25, -0.2) is 4.39 Å². The van der Waals surface area contributed by atoms with Crippen LogP contribution in [0, 0.1) is 23.6 Å². The molecule has 0 aromatic heterocycles. The predicted molar refractivity (Wildman–Crippen MR) is 77.4 cm³/mol. The molecule has 1 fully saturated rings. The van der Waals surface area contributed by atoms with E-state index in [4.69, 9.17) is 0 Å². The van der Waals surface area contributed by atoms with Gasteiger partial charge in [-0.3, -0.25) is 9.59 Å². The summed E-state index contributed by atoms with van der Waals surface area (Å²) in [5.41, 5.74) is 0.575. The van der Waals surface area contributed by atoms with Crippen molar-refractivity contribution in [2.75, 3.05) is 11.9 Å². The molecule has 0 radical (unpaired) electrons. The van der Waals surface area contributed by atoms with Crippen molar-refractivity contribution >= 4 is 17.6 Å². The second-order valence-electron chi connectivity index (χ2n) is 5.67. The first-order valence-corrected chi connectivity index (χ1v) is 7.20. The van der Waals surface area contributed by atoms with Crippen LogP contribution >= 0.6 is 0 Å². The summed E-state index contributed by atoms with van der Waals surface area (Å²) in [7, 11) is 1.60. The minimum Gasteiger partial charge on any atom is -0.481 e. The summed E-state index contributed by atoms with van der Waals surface area (Å²) >= 11 is 0. The van der Waals surface area contributed by atoms with Gasteiger partial charge in [-0.15, -0.1) is 0 Å². The average molecular weight is 293 g/mol. The minimum atomic E-state index is -0.906. The highest BCUT2D eigenvalue weighted by Crippen LogP contribution is 2.39. The SMILES string of the molecule is CCC1CC(C(=O)O)C(C(=O)N(C)c2ccc(F)cc2)C1. The summed E-state index contributed by atoms with van der Waals surface area (Å²) in [5.74, 6) is -2.31. The van der Waals surface area contributed by atoms with E-state index < -0.39 is 17.8 Å². The van der Waals surface area contributed by atoms with Crippen LogP contribution in [0.3, 0.4) is 0 Å². The van der Waals surface area contributed by atoms with Crippen molar-refractivity contribution in [2.45, 2.75) is 26.2 Å². The third-order valence-electron chi connectivity index (χ3n) is 4.42. The average Bonchev–Trinajstić information content (AvgIpc) is 2.91. The van der Waals surface area contributed by atoms with E-state index in [2.05, 4.69) is 0 Å². The van der Waals surface area contributed by atoms with E-state index in [9.17, 15) is 19.1 Å². The predicted octanol–water partition coefficient (Wildman–Crippen LogP) is 2.93. The van der Waals surface area contributed by atoms with Crippen LogP contribution in [0.15, 0.2) is 24.3 Å². The maximum Gasteiger partial charge on any atom is 0.307 e. The van der Waals surface area contributed by atoms with Crippen LogP contribution in [-0.2, 0) is 9.59 Å². The largest absolute Gasteiger partial charge is 0.481 e. The van der Waals surface area contributed by atoms with Gasteiger partial charge in [-0.1, -0.05) is 13.3 Å². The van der Waals surface area contributed by atoms with Gasteiger partial charge in [-0.2, -0.15) is 0 Å². The number of carbonyl (C=O) groups excluding carboxylic acids is 1. The molecular formula is C16H20FNO3. The molecule has 3 unspecified atom stereocenters. The number of amides is 1. The zero-order valence-electron chi connectivity index (χ0n) is 12.3. The van der Waals surface area contributed by atoms with Crippen molar-refractivity contribution in [3.05, 3.63) is 30.1 Å². The zero-order valence-corrected chi connectivity index (χ0v) is 12.3. The molecule has 0 saturated heterocycles. The van der Waals surface area contributed by atoms with E-state index in [1.54, 1.807) is 7.05 Å². The van der Waals surface area contributed by atoms with Crippen LogP contribution in [0.1, 0.15) is 26.2 Å². The van der Waals surface area contributed by atoms with Gasteiger partial charge in [0.05, 0.1) is 11.8 Å². The Kier molecular flexibility index (Phi) is 4.60. The Balaban J connectivity index is 2.17. The van der Waals surface area contributed by atoms with Crippen molar-refractivity contribution < 1.29 is 19.1 Å².